The molecule has 0 aromatic heterocycles. The van der Waals surface area contributed by atoms with Crippen molar-refractivity contribution < 1.29 is 31.5 Å². The number of benzene rings is 3. The Balaban J connectivity index is 1.46. The van der Waals surface area contributed by atoms with Gasteiger partial charge >= 0.3 is 0 Å². The maximum atomic E-state index is 16.2. The summed E-state index contributed by atoms with van der Waals surface area (Å²) in [5.74, 6) is -4.12. The van der Waals surface area contributed by atoms with E-state index in [1.165, 1.54) is 30.2 Å². The Kier molecular flexibility index (Phi) is 9.08. The monoisotopic (exact) mass is 665 g/mol. The molecule has 1 amide bonds. The van der Waals surface area contributed by atoms with E-state index in [0.717, 1.165) is 43.2 Å². The highest BCUT2D eigenvalue weighted by atomic mass is 79.9. The first kappa shape index (κ1) is 30.7. The Morgan fingerprint density at radius 2 is 1.69 bits per heavy atom. The van der Waals surface area contributed by atoms with Crippen molar-refractivity contribution in [2.45, 2.75) is 67.5 Å². The van der Waals surface area contributed by atoms with Gasteiger partial charge in [0, 0.05) is 24.7 Å². The molecule has 3 aromatic rings. The van der Waals surface area contributed by atoms with E-state index in [2.05, 4.69) is 20.7 Å². The number of amides is 1. The van der Waals surface area contributed by atoms with Crippen molar-refractivity contribution in [3.05, 3.63) is 64.6 Å². The van der Waals surface area contributed by atoms with Gasteiger partial charge in [-0.05, 0) is 102 Å². The van der Waals surface area contributed by atoms with E-state index >= 15 is 8.78 Å². The zero-order valence-electron chi connectivity index (χ0n) is 23.2. The largest absolute Gasteiger partial charge is 0.496 e. The van der Waals surface area contributed by atoms with Crippen LogP contribution in [0.3, 0.4) is 0 Å². The van der Waals surface area contributed by atoms with Crippen LogP contribution < -0.4 is 19.9 Å². The molecule has 2 fully saturated rings. The molecular weight excluding hydrogens is 632 g/mol. The van der Waals surface area contributed by atoms with Crippen molar-refractivity contribution in [2.24, 2.45) is 5.73 Å². The number of hydrogen-bond acceptors (Lipinski definition) is 6. The van der Waals surface area contributed by atoms with Crippen molar-refractivity contribution in [3.63, 3.8) is 0 Å². The zero-order chi connectivity index (χ0) is 30.1. The van der Waals surface area contributed by atoms with Gasteiger partial charge in [0.15, 0.2) is 6.04 Å². The molecule has 42 heavy (non-hydrogen) atoms. The SMILES string of the molecule is COc1cc(C(F)(F)C(NS(=O)(=O)c2ccc3cc(OC4CCCC4)ccc3c2)C(=O)N2CCC(N)CC2)ccc1Br. The number of nitrogens with two attached hydrogens (primary N) is 1. The lowest BCUT2D eigenvalue weighted by atomic mass is 9.98. The lowest BCUT2D eigenvalue weighted by Gasteiger charge is -2.35. The fraction of sp³-hybridized carbons (Fsp3) is 0.433. The molecule has 226 valence electrons. The van der Waals surface area contributed by atoms with Gasteiger partial charge in [-0.2, -0.15) is 13.5 Å². The number of piperidine rings is 1. The van der Waals surface area contributed by atoms with Crippen molar-refractivity contribution in [1.29, 1.82) is 0 Å². The molecule has 1 atom stereocenters. The van der Waals surface area contributed by atoms with E-state index in [1.807, 2.05) is 6.07 Å². The quantitative estimate of drug-likeness (QED) is 0.320. The first-order chi connectivity index (χ1) is 20.0. The maximum Gasteiger partial charge on any atom is 0.298 e. The number of hydrogen-bond donors (Lipinski definition) is 2. The van der Waals surface area contributed by atoms with Crippen molar-refractivity contribution in [3.8, 4) is 11.5 Å². The summed E-state index contributed by atoms with van der Waals surface area (Å²) in [6.07, 6.45) is 5.31. The highest BCUT2D eigenvalue weighted by molar-refractivity contribution is 9.10. The zero-order valence-corrected chi connectivity index (χ0v) is 25.6. The van der Waals surface area contributed by atoms with Crippen LogP contribution in [0, 0.1) is 0 Å². The lowest BCUT2D eigenvalue weighted by molar-refractivity contribution is -0.145. The maximum absolute atomic E-state index is 16.2. The van der Waals surface area contributed by atoms with Crippen LogP contribution >= 0.6 is 15.9 Å². The number of fused-ring (bicyclic) bond motifs is 1. The molecule has 0 bridgehead atoms. The number of halogens is 3. The minimum atomic E-state index is -4.56. The van der Waals surface area contributed by atoms with E-state index in [-0.39, 0.29) is 35.9 Å². The molecule has 0 spiro atoms. The van der Waals surface area contributed by atoms with E-state index in [1.54, 1.807) is 18.2 Å². The van der Waals surface area contributed by atoms with Crippen LogP contribution in [0.25, 0.3) is 10.8 Å². The average Bonchev–Trinajstić information content (AvgIpc) is 3.49. The highest BCUT2D eigenvalue weighted by Crippen LogP contribution is 2.38. The topological polar surface area (TPSA) is 111 Å². The predicted octanol–water partition coefficient (Wildman–Crippen LogP) is 5.32. The Labute approximate surface area is 252 Å². The van der Waals surface area contributed by atoms with Crippen LogP contribution in [0.4, 0.5) is 8.78 Å². The average molecular weight is 667 g/mol. The Bertz CT molecular complexity index is 1560. The minimum absolute atomic E-state index is 0.121. The number of sulfonamides is 1. The number of methoxy groups -OCH3 is 1. The number of ether oxygens (including phenoxy) is 2. The summed E-state index contributed by atoms with van der Waals surface area (Å²) in [4.78, 5) is 14.6. The van der Waals surface area contributed by atoms with E-state index in [4.69, 9.17) is 15.2 Å². The number of carbonyl (C=O) groups excluding carboxylic acids is 1. The smallest absolute Gasteiger partial charge is 0.298 e. The summed E-state index contributed by atoms with van der Waals surface area (Å²) < 4.78 is 73.2. The van der Waals surface area contributed by atoms with E-state index < -0.39 is 33.5 Å². The summed E-state index contributed by atoms with van der Waals surface area (Å²) in [5, 5.41) is 1.34. The van der Waals surface area contributed by atoms with Crippen molar-refractivity contribution in [2.75, 3.05) is 20.2 Å². The van der Waals surface area contributed by atoms with Gasteiger partial charge in [0.2, 0.25) is 15.9 Å². The molecule has 1 saturated carbocycles. The van der Waals surface area contributed by atoms with Crippen molar-refractivity contribution in [1.82, 2.24) is 9.62 Å². The van der Waals surface area contributed by atoms with Crippen LogP contribution in [0.5, 0.6) is 11.5 Å². The van der Waals surface area contributed by atoms with Gasteiger partial charge in [0.1, 0.15) is 11.5 Å². The van der Waals surface area contributed by atoms with Gasteiger partial charge in [-0.1, -0.05) is 18.2 Å². The molecule has 0 radical (unpaired) electrons. The molecule has 12 heteroatoms. The first-order valence-corrected chi connectivity index (χ1v) is 16.2. The van der Waals surface area contributed by atoms with Crippen LogP contribution in [-0.4, -0.2) is 57.6 Å². The third-order valence-corrected chi connectivity index (χ3v) is 10.0. The molecular formula is C30H34BrF2N3O5S. The molecule has 3 aromatic carbocycles. The molecule has 1 aliphatic carbocycles. The summed E-state index contributed by atoms with van der Waals surface area (Å²) in [7, 11) is -3.24. The molecule has 8 nitrogen and oxygen atoms in total. The Morgan fingerprint density at radius 1 is 1.02 bits per heavy atom. The molecule has 1 aliphatic heterocycles. The molecule has 1 heterocycles. The summed E-state index contributed by atoms with van der Waals surface area (Å²) in [6.45, 7) is 0.304. The normalized spacial score (nSPS) is 17.9. The third kappa shape index (κ3) is 6.56. The second kappa shape index (κ2) is 12.4. The van der Waals surface area contributed by atoms with Gasteiger partial charge in [0.05, 0.1) is 22.6 Å². The standard InChI is InChI=1S/C30H34BrF2N3O5S/c1-40-27-18-21(8-11-26(27)31)30(32,33)28(29(37)36-14-12-22(34)13-15-36)35-42(38,39)25-10-7-19-16-24(9-6-20(19)17-25)41-23-4-2-3-5-23/h6-11,16-18,22-23,28,35H,2-5,12-15,34H2,1H3. The van der Waals surface area contributed by atoms with Gasteiger partial charge in [-0.3, -0.25) is 4.79 Å². The van der Waals surface area contributed by atoms with Crippen LogP contribution in [0.1, 0.15) is 44.1 Å². The third-order valence-electron chi connectivity index (χ3n) is 7.97. The van der Waals surface area contributed by atoms with Gasteiger partial charge in [0.25, 0.3) is 5.92 Å². The number of rotatable bonds is 9. The minimum Gasteiger partial charge on any atom is -0.496 e. The van der Waals surface area contributed by atoms with Gasteiger partial charge in [-0.15, -0.1) is 0 Å². The van der Waals surface area contributed by atoms with Crippen LogP contribution in [0.15, 0.2) is 64.0 Å². The fourth-order valence-electron chi connectivity index (χ4n) is 5.48. The second-order valence-electron chi connectivity index (χ2n) is 10.9. The Hall–Kier alpha value is -2.80. The number of likely N-dealkylation sites (tertiary alicyclic amines) is 1. The number of nitrogens with zero attached hydrogens (tertiary/aromatic N) is 1. The van der Waals surface area contributed by atoms with E-state index in [9.17, 15) is 13.2 Å². The number of alkyl halides is 2. The first-order valence-electron chi connectivity index (χ1n) is 14.0. The van der Waals surface area contributed by atoms with Gasteiger partial charge < -0.3 is 20.1 Å². The van der Waals surface area contributed by atoms with Crippen LogP contribution in [-0.2, 0) is 20.7 Å². The summed E-state index contributed by atoms with van der Waals surface area (Å²) in [5.41, 5.74) is 5.38. The molecule has 2 aliphatic rings. The molecule has 5 rings (SSSR count). The molecule has 1 unspecified atom stereocenters. The van der Waals surface area contributed by atoms with Crippen LogP contribution in [0.2, 0.25) is 0 Å². The summed E-state index contributed by atoms with van der Waals surface area (Å²) >= 11 is 3.24. The molecule has 1 saturated heterocycles. The lowest BCUT2D eigenvalue weighted by Crippen LogP contribution is -2.58. The molecule has 3 N–H and O–H groups in total. The Morgan fingerprint density at radius 3 is 2.38 bits per heavy atom. The predicted molar refractivity (Wildman–Crippen MR) is 159 cm³/mol. The fourth-order valence-corrected chi connectivity index (χ4v) is 7.11. The highest BCUT2D eigenvalue weighted by Gasteiger charge is 2.50. The van der Waals surface area contributed by atoms with Gasteiger partial charge in [-0.25, -0.2) is 8.42 Å². The summed E-state index contributed by atoms with van der Waals surface area (Å²) in [6, 6.07) is 10.7. The number of carbonyl (C=O) groups is 1. The van der Waals surface area contributed by atoms with Crippen molar-refractivity contribution >= 4 is 42.6 Å². The second-order valence-corrected chi connectivity index (χ2v) is 13.5. The number of nitrogens with one attached hydrogen (secondary N) is 1. The van der Waals surface area contributed by atoms with E-state index in [0.29, 0.717) is 28.5 Å².